The highest BCUT2D eigenvalue weighted by molar-refractivity contribution is 6.03. The second-order valence-electron chi connectivity index (χ2n) is 8.58. The fourth-order valence-electron chi connectivity index (χ4n) is 3.89. The van der Waals surface area contributed by atoms with Crippen molar-refractivity contribution in [1.29, 1.82) is 0 Å². The number of alkyl halides is 3. The van der Waals surface area contributed by atoms with E-state index in [-0.39, 0.29) is 58.8 Å². The van der Waals surface area contributed by atoms with Crippen LogP contribution in [-0.2, 0) is 5.41 Å². The van der Waals surface area contributed by atoms with Gasteiger partial charge in [0, 0.05) is 11.6 Å². The lowest BCUT2D eigenvalue weighted by Gasteiger charge is -2.15. The summed E-state index contributed by atoms with van der Waals surface area (Å²) < 4.78 is 60.7. The number of hydrogen-bond acceptors (Lipinski definition) is 6. The van der Waals surface area contributed by atoms with E-state index in [4.69, 9.17) is 16.0 Å². The molecule has 10 nitrogen and oxygen atoms in total. The van der Waals surface area contributed by atoms with Crippen molar-refractivity contribution in [3.63, 3.8) is 0 Å². The van der Waals surface area contributed by atoms with Gasteiger partial charge in [-0.25, -0.2) is 13.9 Å². The molecule has 5 rings (SSSR count). The van der Waals surface area contributed by atoms with Crippen molar-refractivity contribution < 1.29 is 31.7 Å². The Bertz CT molecular complexity index is 1340. The number of carbonyl (C=O) groups is 2. The van der Waals surface area contributed by atoms with E-state index in [9.17, 15) is 27.2 Å². The van der Waals surface area contributed by atoms with Crippen molar-refractivity contribution in [2.45, 2.75) is 43.3 Å². The second-order valence-corrected chi connectivity index (χ2v) is 8.58. The first-order valence-electron chi connectivity index (χ1n) is 10.6. The van der Waals surface area contributed by atoms with Crippen LogP contribution in [0.4, 0.5) is 39.7 Å². The summed E-state index contributed by atoms with van der Waals surface area (Å²) in [5, 5.41) is 12.2. The third kappa shape index (κ3) is 3.94. The van der Waals surface area contributed by atoms with Crippen molar-refractivity contribution in [2.24, 2.45) is 5.73 Å². The first-order chi connectivity index (χ1) is 16.5. The van der Waals surface area contributed by atoms with Crippen LogP contribution in [0.2, 0.25) is 0 Å². The van der Waals surface area contributed by atoms with Crippen LogP contribution in [0.3, 0.4) is 0 Å². The van der Waals surface area contributed by atoms with Gasteiger partial charge in [0.2, 0.25) is 5.88 Å². The summed E-state index contributed by atoms with van der Waals surface area (Å²) in [6.45, 7) is 0. The van der Waals surface area contributed by atoms with E-state index in [1.54, 1.807) is 0 Å². The number of nitrogens with zero attached hydrogens (tertiary/aromatic N) is 3. The third-order valence-electron chi connectivity index (χ3n) is 6.11. The molecule has 0 saturated heterocycles. The normalized spacial score (nSPS) is 16.7. The summed E-state index contributed by atoms with van der Waals surface area (Å²) in [4.78, 5) is 24.2. The lowest BCUT2D eigenvalue weighted by Crippen LogP contribution is -2.28. The second kappa shape index (κ2) is 7.71. The summed E-state index contributed by atoms with van der Waals surface area (Å²) in [6, 6.07) is 3.78. The summed E-state index contributed by atoms with van der Waals surface area (Å²) in [5.41, 5.74) is 9.13. The van der Waals surface area contributed by atoms with Gasteiger partial charge in [-0.3, -0.25) is 10.1 Å². The van der Waals surface area contributed by atoms with Gasteiger partial charge < -0.3 is 21.3 Å². The van der Waals surface area contributed by atoms with E-state index in [0.717, 1.165) is 25.0 Å². The van der Waals surface area contributed by atoms with E-state index in [1.165, 1.54) is 16.8 Å². The highest BCUT2D eigenvalue weighted by atomic mass is 19.4. The minimum absolute atomic E-state index is 0.0248. The first kappa shape index (κ1) is 22.7. The number of rotatable bonds is 6. The van der Waals surface area contributed by atoms with Crippen LogP contribution in [0, 0.1) is 5.82 Å². The van der Waals surface area contributed by atoms with Crippen LogP contribution < -0.4 is 22.1 Å². The molecule has 184 valence electrons. The minimum atomic E-state index is -4.48. The molecule has 2 saturated carbocycles. The van der Waals surface area contributed by atoms with Crippen molar-refractivity contribution in [1.82, 2.24) is 14.9 Å². The number of primary amides is 1. The number of nitrogen functional groups attached to an aromatic ring is 1. The van der Waals surface area contributed by atoms with Crippen molar-refractivity contribution in [2.75, 3.05) is 16.4 Å². The molecule has 2 fully saturated rings. The van der Waals surface area contributed by atoms with Gasteiger partial charge in [0.15, 0.2) is 0 Å². The zero-order valence-electron chi connectivity index (χ0n) is 17.9. The zero-order chi connectivity index (χ0) is 25.1. The molecule has 2 heterocycles. The molecule has 0 bridgehead atoms. The largest absolute Gasteiger partial charge is 0.400 e. The Morgan fingerprint density at radius 1 is 1.17 bits per heavy atom. The Kier molecular flexibility index (Phi) is 5.00. The van der Waals surface area contributed by atoms with E-state index >= 15 is 0 Å². The average molecular weight is 493 g/mol. The van der Waals surface area contributed by atoms with Crippen LogP contribution >= 0.6 is 0 Å². The lowest BCUT2D eigenvalue weighted by atomic mass is 10.0. The van der Waals surface area contributed by atoms with Gasteiger partial charge in [0.25, 0.3) is 5.91 Å². The first-order valence-corrected chi connectivity index (χ1v) is 10.6. The molecule has 0 aliphatic heterocycles. The van der Waals surface area contributed by atoms with Crippen LogP contribution in [0.15, 0.2) is 28.8 Å². The molecule has 2 aliphatic carbocycles. The van der Waals surface area contributed by atoms with Crippen LogP contribution in [0.5, 0.6) is 0 Å². The quantitative estimate of drug-likeness (QED) is 0.382. The molecular formula is C21H19F4N7O3. The maximum atomic E-state index is 14.8. The molecule has 1 aromatic carbocycles. The topological polar surface area (TPSA) is 154 Å². The van der Waals surface area contributed by atoms with Crippen molar-refractivity contribution in [3.05, 3.63) is 41.3 Å². The van der Waals surface area contributed by atoms with E-state index < -0.39 is 29.3 Å². The number of nitrogens with two attached hydrogens (primary N) is 2. The van der Waals surface area contributed by atoms with Gasteiger partial charge in [-0.15, -0.1) is 0 Å². The highest BCUT2D eigenvalue weighted by Crippen LogP contribution is 2.58. The third-order valence-corrected chi connectivity index (χ3v) is 6.11. The lowest BCUT2D eigenvalue weighted by molar-refractivity contribution is -0.161. The maximum Gasteiger partial charge on any atom is 0.400 e. The molecule has 3 aromatic rings. The Morgan fingerprint density at radius 3 is 2.46 bits per heavy atom. The SMILES string of the molecule is NC(=O)c1c(-c2ccc(NC(=O)Nc3cc(C4(C(F)(F)F)CC4)no3)c(F)c2)nn(C2CC2)c1N. The maximum absolute atomic E-state index is 14.8. The van der Waals surface area contributed by atoms with Crippen molar-refractivity contribution >= 4 is 29.3 Å². The van der Waals surface area contributed by atoms with Gasteiger partial charge in [-0.05, 0) is 37.8 Å². The number of hydrogen-bond donors (Lipinski definition) is 4. The molecule has 0 spiro atoms. The summed E-state index contributed by atoms with van der Waals surface area (Å²) in [7, 11) is 0. The molecule has 0 atom stereocenters. The number of aromatic nitrogens is 3. The molecule has 14 heteroatoms. The van der Waals surface area contributed by atoms with E-state index in [0.29, 0.717) is 0 Å². The van der Waals surface area contributed by atoms with Gasteiger partial charge >= 0.3 is 12.2 Å². The number of halogens is 4. The Morgan fingerprint density at radius 2 is 1.89 bits per heavy atom. The van der Waals surface area contributed by atoms with E-state index in [2.05, 4.69) is 20.9 Å². The molecule has 0 radical (unpaired) electrons. The Balaban J connectivity index is 1.31. The van der Waals surface area contributed by atoms with Crippen LogP contribution in [0.1, 0.15) is 47.8 Å². The predicted molar refractivity (Wildman–Crippen MR) is 115 cm³/mol. The zero-order valence-corrected chi connectivity index (χ0v) is 17.9. The number of anilines is 3. The molecule has 6 N–H and O–H groups in total. The van der Waals surface area contributed by atoms with Crippen LogP contribution in [0.25, 0.3) is 11.3 Å². The molecule has 2 aromatic heterocycles. The van der Waals surface area contributed by atoms with Gasteiger partial charge in [-0.1, -0.05) is 11.2 Å². The predicted octanol–water partition coefficient (Wildman–Crippen LogP) is 3.93. The van der Waals surface area contributed by atoms with Gasteiger partial charge in [0.1, 0.15) is 34.0 Å². The molecule has 0 unspecified atom stereocenters. The summed E-state index contributed by atoms with van der Waals surface area (Å²) >= 11 is 0. The number of amides is 3. The Hall–Kier alpha value is -4.10. The van der Waals surface area contributed by atoms with Gasteiger partial charge in [0.05, 0.1) is 11.7 Å². The summed E-state index contributed by atoms with van der Waals surface area (Å²) in [6.07, 6.45) is -3.02. The fourth-order valence-corrected chi connectivity index (χ4v) is 3.89. The number of benzene rings is 1. The number of urea groups is 1. The smallest absolute Gasteiger partial charge is 0.383 e. The van der Waals surface area contributed by atoms with Crippen molar-refractivity contribution in [3.8, 4) is 11.3 Å². The van der Waals surface area contributed by atoms with Crippen LogP contribution in [-0.4, -0.2) is 33.1 Å². The number of nitrogens with one attached hydrogen (secondary N) is 2. The van der Waals surface area contributed by atoms with E-state index in [1.807, 2.05) is 0 Å². The van der Waals surface area contributed by atoms with Gasteiger partial charge in [-0.2, -0.15) is 18.3 Å². The standard InChI is InChI=1S/C21H19F4N7O3/c22-11-7-9(16-15(18(27)33)17(26)32(30-16)10-2-3-10)1-4-12(11)28-19(34)29-14-8-13(31-35-14)20(5-6-20)21(23,24)25/h1,4,7-8,10H,2-3,5-6,26H2,(H2,27,33)(H2,28,29,34). The summed E-state index contributed by atoms with van der Waals surface area (Å²) in [5.74, 6) is -1.89. The minimum Gasteiger partial charge on any atom is -0.383 e. The monoisotopic (exact) mass is 493 g/mol. The highest BCUT2D eigenvalue weighted by Gasteiger charge is 2.66. The number of carbonyl (C=O) groups excluding carboxylic acids is 2. The molecule has 35 heavy (non-hydrogen) atoms. The molecule has 3 amide bonds. The average Bonchev–Trinajstić information content (AvgIpc) is 3.69. The molecular weight excluding hydrogens is 474 g/mol. The Labute approximate surface area is 194 Å². The fraction of sp³-hybridized carbons (Fsp3) is 0.333. The molecule has 2 aliphatic rings.